The summed E-state index contributed by atoms with van der Waals surface area (Å²) >= 11 is 2.11. The van der Waals surface area contributed by atoms with Gasteiger partial charge in [0.15, 0.2) is 0 Å². The Morgan fingerprint density at radius 2 is 1.68 bits per heavy atom. The van der Waals surface area contributed by atoms with Gasteiger partial charge in [0.2, 0.25) is 0 Å². The number of thioether (sulfide) groups is 1. The van der Waals surface area contributed by atoms with E-state index in [1.807, 2.05) is 0 Å². The Balaban J connectivity index is 1.81. The van der Waals surface area contributed by atoms with Crippen molar-refractivity contribution in [3.8, 4) is 0 Å². The van der Waals surface area contributed by atoms with Crippen LogP contribution in [0.5, 0.6) is 0 Å². The summed E-state index contributed by atoms with van der Waals surface area (Å²) in [5, 5.41) is 3.55. The van der Waals surface area contributed by atoms with Crippen molar-refractivity contribution in [2.24, 2.45) is 0 Å². The summed E-state index contributed by atoms with van der Waals surface area (Å²) in [5.74, 6) is 2.62. The highest BCUT2D eigenvalue weighted by atomic mass is 32.2. The summed E-state index contributed by atoms with van der Waals surface area (Å²) in [6.07, 6.45) is 3.91. The van der Waals surface area contributed by atoms with Crippen molar-refractivity contribution in [2.45, 2.75) is 25.8 Å². The molecule has 0 bridgehead atoms. The molecule has 1 aliphatic rings. The Kier molecular flexibility index (Phi) is 7.37. The second-order valence-corrected chi connectivity index (χ2v) is 6.41. The van der Waals surface area contributed by atoms with Crippen LogP contribution < -0.4 is 5.32 Å². The Morgan fingerprint density at radius 1 is 0.947 bits per heavy atom. The van der Waals surface area contributed by atoms with Gasteiger partial charge in [-0.25, -0.2) is 0 Å². The van der Waals surface area contributed by atoms with Gasteiger partial charge in [0.25, 0.3) is 0 Å². The van der Waals surface area contributed by atoms with Crippen LogP contribution in [0.4, 0.5) is 0 Å². The van der Waals surface area contributed by atoms with Crippen LogP contribution in [0.25, 0.3) is 0 Å². The molecule has 0 radical (unpaired) electrons. The maximum absolute atomic E-state index is 3.55. The molecule has 0 saturated carbocycles. The van der Waals surface area contributed by atoms with Gasteiger partial charge in [0.05, 0.1) is 0 Å². The predicted molar refractivity (Wildman–Crippen MR) is 85.8 cm³/mol. The number of hydrogen-bond donors (Lipinski definition) is 1. The molecule has 1 aromatic rings. The first kappa shape index (κ1) is 14.9. The van der Waals surface area contributed by atoms with Crippen LogP contribution in [0.1, 0.15) is 24.8 Å². The first-order valence-corrected chi connectivity index (χ1v) is 8.65. The zero-order valence-electron chi connectivity index (χ0n) is 11.8. The molecular formula is C16H26N2S. The molecule has 1 aliphatic heterocycles. The topological polar surface area (TPSA) is 15.3 Å². The van der Waals surface area contributed by atoms with Gasteiger partial charge in [-0.1, -0.05) is 30.3 Å². The van der Waals surface area contributed by atoms with E-state index in [0.29, 0.717) is 0 Å². The molecule has 106 valence electrons. The van der Waals surface area contributed by atoms with Crippen LogP contribution in [0, 0.1) is 0 Å². The lowest BCUT2D eigenvalue weighted by Gasteiger charge is -2.23. The minimum absolute atomic E-state index is 1.10. The van der Waals surface area contributed by atoms with Crippen LogP contribution >= 0.6 is 11.8 Å². The maximum atomic E-state index is 3.55. The highest BCUT2D eigenvalue weighted by Gasteiger charge is 2.06. The summed E-state index contributed by atoms with van der Waals surface area (Å²) in [6, 6.07) is 10.9. The Bertz CT molecular complexity index is 317. The van der Waals surface area contributed by atoms with Gasteiger partial charge in [0, 0.05) is 6.54 Å². The lowest BCUT2D eigenvalue weighted by atomic mass is 10.2. The summed E-state index contributed by atoms with van der Waals surface area (Å²) < 4.78 is 0. The van der Waals surface area contributed by atoms with E-state index in [-0.39, 0.29) is 0 Å². The molecule has 0 aliphatic carbocycles. The lowest BCUT2D eigenvalue weighted by molar-refractivity contribution is 0.262. The Morgan fingerprint density at radius 3 is 2.58 bits per heavy atom. The fraction of sp³-hybridized carbons (Fsp3) is 0.625. The molecule has 1 fully saturated rings. The van der Waals surface area contributed by atoms with Crippen molar-refractivity contribution in [3.05, 3.63) is 35.9 Å². The highest BCUT2D eigenvalue weighted by molar-refractivity contribution is 7.99. The number of rotatable bonds is 2. The molecule has 19 heavy (non-hydrogen) atoms. The van der Waals surface area contributed by atoms with Crippen LogP contribution in [-0.2, 0) is 6.54 Å². The maximum Gasteiger partial charge on any atom is 0.0233 e. The molecule has 1 aromatic carbocycles. The number of nitrogens with zero attached hydrogens (tertiary/aromatic N) is 1. The molecule has 3 heteroatoms. The molecule has 0 atom stereocenters. The molecule has 1 saturated heterocycles. The Hall–Kier alpha value is -0.510. The van der Waals surface area contributed by atoms with Gasteiger partial charge in [-0.15, -0.1) is 0 Å². The summed E-state index contributed by atoms with van der Waals surface area (Å²) in [6.45, 7) is 5.90. The third-order valence-electron chi connectivity index (χ3n) is 3.48. The molecule has 2 rings (SSSR count). The van der Waals surface area contributed by atoms with Crippen molar-refractivity contribution >= 4 is 11.8 Å². The normalized spacial score (nSPS) is 20.4. The van der Waals surface area contributed by atoms with E-state index in [1.54, 1.807) is 0 Å². The van der Waals surface area contributed by atoms with Gasteiger partial charge in [-0.3, -0.25) is 4.90 Å². The minimum Gasteiger partial charge on any atom is -0.317 e. The largest absolute Gasteiger partial charge is 0.317 e. The van der Waals surface area contributed by atoms with E-state index in [9.17, 15) is 0 Å². The number of hydrogen-bond acceptors (Lipinski definition) is 3. The van der Waals surface area contributed by atoms with Crippen LogP contribution in [-0.4, -0.2) is 42.6 Å². The summed E-state index contributed by atoms with van der Waals surface area (Å²) in [5.41, 5.74) is 1.44. The fourth-order valence-corrected chi connectivity index (χ4v) is 3.34. The molecule has 0 spiro atoms. The van der Waals surface area contributed by atoms with Crippen molar-refractivity contribution < 1.29 is 0 Å². The van der Waals surface area contributed by atoms with E-state index >= 15 is 0 Å². The van der Waals surface area contributed by atoms with Crippen molar-refractivity contribution in [3.63, 3.8) is 0 Å². The average Bonchev–Trinajstić information content (AvgIpc) is 2.43. The second-order valence-electron chi connectivity index (χ2n) is 5.18. The van der Waals surface area contributed by atoms with E-state index in [4.69, 9.17) is 0 Å². The van der Waals surface area contributed by atoms with Gasteiger partial charge in [-0.2, -0.15) is 11.8 Å². The molecule has 1 heterocycles. The number of nitrogens with one attached hydrogen (secondary N) is 1. The SMILES string of the molecule is c1ccc(CN2CCCNCCCSCCC2)cc1. The lowest BCUT2D eigenvalue weighted by Crippen LogP contribution is -2.29. The van der Waals surface area contributed by atoms with Gasteiger partial charge < -0.3 is 5.32 Å². The predicted octanol–water partition coefficient (Wildman–Crippen LogP) is 3.00. The molecular weight excluding hydrogens is 252 g/mol. The monoisotopic (exact) mass is 278 g/mol. The summed E-state index contributed by atoms with van der Waals surface area (Å²) in [7, 11) is 0. The molecule has 0 amide bonds. The highest BCUT2D eigenvalue weighted by Crippen LogP contribution is 2.09. The number of benzene rings is 1. The van der Waals surface area contributed by atoms with Crippen LogP contribution in [0.3, 0.4) is 0 Å². The van der Waals surface area contributed by atoms with Gasteiger partial charge in [-0.05, 0) is 62.5 Å². The van der Waals surface area contributed by atoms with Gasteiger partial charge in [0.1, 0.15) is 0 Å². The standard InChI is InChI=1S/C16H26N2S/c1-2-7-16(8-3-1)15-18-11-4-9-17-10-5-13-19-14-6-12-18/h1-3,7-8,17H,4-6,9-15H2. The zero-order chi connectivity index (χ0) is 13.2. The fourth-order valence-electron chi connectivity index (χ4n) is 2.46. The Labute approximate surface area is 122 Å². The quantitative estimate of drug-likeness (QED) is 0.895. The third kappa shape index (κ3) is 6.46. The van der Waals surface area contributed by atoms with E-state index in [2.05, 4.69) is 52.3 Å². The smallest absolute Gasteiger partial charge is 0.0233 e. The third-order valence-corrected chi connectivity index (χ3v) is 4.64. The minimum atomic E-state index is 1.10. The average molecular weight is 278 g/mol. The first-order valence-electron chi connectivity index (χ1n) is 7.50. The van der Waals surface area contributed by atoms with E-state index < -0.39 is 0 Å². The van der Waals surface area contributed by atoms with E-state index in [0.717, 1.165) is 13.1 Å². The van der Waals surface area contributed by atoms with Crippen molar-refractivity contribution in [1.29, 1.82) is 0 Å². The first-order chi connectivity index (χ1) is 9.45. The molecule has 2 nitrogen and oxygen atoms in total. The molecule has 1 N–H and O–H groups in total. The molecule has 0 aromatic heterocycles. The molecule has 0 unspecified atom stereocenters. The van der Waals surface area contributed by atoms with Crippen LogP contribution in [0.15, 0.2) is 30.3 Å². The summed E-state index contributed by atoms with van der Waals surface area (Å²) in [4.78, 5) is 2.61. The van der Waals surface area contributed by atoms with Crippen LogP contribution in [0.2, 0.25) is 0 Å². The van der Waals surface area contributed by atoms with Crippen molar-refractivity contribution in [2.75, 3.05) is 37.7 Å². The van der Waals surface area contributed by atoms with Crippen molar-refractivity contribution in [1.82, 2.24) is 10.2 Å². The zero-order valence-corrected chi connectivity index (χ0v) is 12.6. The van der Waals surface area contributed by atoms with E-state index in [1.165, 1.54) is 56.0 Å². The van der Waals surface area contributed by atoms with Gasteiger partial charge >= 0.3 is 0 Å². The second kappa shape index (κ2) is 9.40.